The summed E-state index contributed by atoms with van der Waals surface area (Å²) in [5, 5.41) is 3.62. The van der Waals surface area contributed by atoms with E-state index < -0.39 is 0 Å². The smallest absolute Gasteiger partial charge is 0.00282 e. The van der Waals surface area contributed by atoms with Crippen molar-refractivity contribution in [2.75, 3.05) is 32.7 Å². The molecule has 0 bridgehead atoms. The van der Waals surface area contributed by atoms with Gasteiger partial charge in [-0.25, -0.2) is 0 Å². The average Bonchev–Trinajstić information content (AvgIpc) is 3.12. The zero-order chi connectivity index (χ0) is 16.2. The highest BCUT2D eigenvalue weighted by Crippen LogP contribution is 2.32. The van der Waals surface area contributed by atoms with E-state index in [0.717, 1.165) is 24.9 Å². The summed E-state index contributed by atoms with van der Waals surface area (Å²) in [5.74, 6) is 2.19. The molecule has 0 amide bonds. The number of piperidine rings is 1. The van der Waals surface area contributed by atoms with E-state index in [4.69, 9.17) is 0 Å². The highest BCUT2D eigenvalue weighted by atomic mass is 15.1. The molecule has 24 heavy (non-hydrogen) atoms. The number of benzene rings is 2. The summed E-state index contributed by atoms with van der Waals surface area (Å²) in [6.45, 7) is 6.04. The summed E-state index contributed by atoms with van der Waals surface area (Å²) in [6, 6.07) is 22.1. The summed E-state index contributed by atoms with van der Waals surface area (Å²) < 4.78 is 0. The van der Waals surface area contributed by atoms with Crippen LogP contribution in [0.2, 0.25) is 0 Å². The van der Waals surface area contributed by atoms with Crippen LogP contribution in [-0.4, -0.2) is 37.6 Å². The average molecular weight is 320 g/mol. The molecule has 2 saturated heterocycles. The van der Waals surface area contributed by atoms with Crippen molar-refractivity contribution in [1.29, 1.82) is 0 Å². The fourth-order valence-corrected chi connectivity index (χ4v) is 4.52. The summed E-state index contributed by atoms with van der Waals surface area (Å²) >= 11 is 0. The van der Waals surface area contributed by atoms with Crippen LogP contribution in [0, 0.1) is 5.92 Å². The Morgan fingerprint density at radius 1 is 0.792 bits per heavy atom. The predicted molar refractivity (Wildman–Crippen MR) is 100 cm³/mol. The molecule has 2 aliphatic rings. The first kappa shape index (κ1) is 15.9. The van der Waals surface area contributed by atoms with Crippen LogP contribution >= 0.6 is 0 Å². The van der Waals surface area contributed by atoms with Crippen LogP contribution in [0.25, 0.3) is 0 Å². The monoisotopic (exact) mass is 320 g/mol. The minimum absolute atomic E-state index is 0.679. The van der Waals surface area contributed by atoms with E-state index in [1.54, 1.807) is 0 Å². The van der Waals surface area contributed by atoms with Gasteiger partial charge in [0.15, 0.2) is 0 Å². The van der Waals surface area contributed by atoms with Crippen molar-refractivity contribution >= 4 is 0 Å². The van der Waals surface area contributed by atoms with Crippen molar-refractivity contribution in [3.63, 3.8) is 0 Å². The lowest BCUT2D eigenvalue weighted by Gasteiger charge is -2.35. The molecule has 126 valence electrons. The number of likely N-dealkylation sites (tertiary alicyclic amines) is 1. The Hall–Kier alpha value is -1.64. The second-order valence-corrected chi connectivity index (χ2v) is 7.42. The first-order chi connectivity index (χ1) is 11.9. The number of rotatable bonds is 4. The molecule has 2 aromatic rings. The summed E-state index contributed by atoms with van der Waals surface area (Å²) in [5.41, 5.74) is 3.04. The standard InChI is InChI=1S/C22H28N2/c1-3-7-18(8-4-1)19-11-13-24(14-12-19)17-21-15-23-16-22(21)20-9-5-2-6-10-20/h1-10,19,21-23H,11-17H2. The van der Waals surface area contributed by atoms with E-state index in [0.29, 0.717) is 5.92 Å². The van der Waals surface area contributed by atoms with Crippen molar-refractivity contribution in [2.24, 2.45) is 5.92 Å². The van der Waals surface area contributed by atoms with Gasteiger partial charge in [0.2, 0.25) is 0 Å². The number of hydrogen-bond donors (Lipinski definition) is 1. The van der Waals surface area contributed by atoms with Crippen LogP contribution in [0.4, 0.5) is 0 Å². The van der Waals surface area contributed by atoms with Crippen molar-refractivity contribution in [3.8, 4) is 0 Å². The fraction of sp³-hybridized carbons (Fsp3) is 0.455. The zero-order valence-electron chi connectivity index (χ0n) is 14.4. The molecule has 2 atom stereocenters. The fourth-order valence-electron chi connectivity index (χ4n) is 4.52. The molecule has 2 heterocycles. The van der Waals surface area contributed by atoms with Crippen molar-refractivity contribution in [3.05, 3.63) is 71.8 Å². The molecule has 2 heteroatoms. The lowest BCUT2D eigenvalue weighted by molar-refractivity contribution is 0.182. The minimum atomic E-state index is 0.679. The van der Waals surface area contributed by atoms with Gasteiger partial charge < -0.3 is 10.2 Å². The predicted octanol–water partition coefficient (Wildman–Crippen LogP) is 3.87. The van der Waals surface area contributed by atoms with Gasteiger partial charge in [-0.2, -0.15) is 0 Å². The van der Waals surface area contributed by atoms with Gasteiger partial charge in [-0.3, -0.25) is 0 Å². The molecule has 0 saturated carbocycles. The Balaban J connectivity index is 1.33. The Kier molecular flexibility index (Phi) is 4.96. The van der Waals surface area contributed by atoms with Gasteiger partial charge in [-0.15, -0.1) is 0 Å². The second-order valence-electron chi connectivity index (χ2n) is 7.42. The van der Waals surface area contributed by atoms with Crippen LogP contribution < -0.4 is 5.32 Å². The maximum Gasteiger partial charge on any atom is 0.00282 e. The van der Waals surface area contributed by atoms with Gasteiger partial charge >= 0.3 is 0 Å². The Labute approximate surface area is 145 Å². The molecule has 1 N–H and O–H groups in total. The quantitative estimate of drug-likeness (QED) is 0.920. The minimum Gasteiger partial charge on any atom is -0.316 e. The summed E-state index contributed by atoms with van der Waals surface area (Å²) in [4.78, 5) is 2.70. The van der Waals surface area contributed by atoms with Crippen LogP contribution in [0.1, 0.15) is 35.8 Å². The van der Waals surface area contributed by atoms with E-state index in [-0.39, 0.29) is 0 Å². The van der Waals surface area contributed by atoms with Crippen molar-refractivity contribution < 1.29 is 0 Å². The van der Waals surface area contributed by atoms with Gasteiger partial charge in [0.05, 0.1) is 0 Å². The lowest BCUT2D eigenvalue weighted by Crippen LogP contribution is -2.38. The Morgan fingerprint density at radius 2 is 1.42 bits per heavy atom. The topological polar surface area (TPSA) is 15.3 Å². The summed E-state index contributed by atoms with van der Waals surface area (Å²) in [6.07, 6.45) is 2.61. The van der Waals surface area contributed by atoms with E-state index in [1.807, 2.05) is 0 Å². The first-order valence-electron chi connectivity index (χ1n) is 9.43. The molecule has 0 spiro atoms. The molecule has 0 aromatic heterocycles. The third kappa shape index (κ3) is 3.55. The third-order valence-corrected chi connectivity index (χ3v) is 5.92. The second kappa shape index (κ2) is 7.50. The molecule has 2 aromatic carbocycles. The summed E-state index contributed by atoms with van der Waals surface area (Å²) in [7, 11) is 0. The number of nitrogens with zero attached hydrogens (tertiary/aromatic N) is 1. The molecular weight excluding hydrogens is 292 g/mol. The van der Waals surface area contributed by atoms with E-state index in [1.165, 1.54) is 43.6 Å². The van der Waals surface area contributed by atoms with Gasteiger partial charge in [0.25, 0.3) is 0 Å². The van der Waals surface area contributed by atoms with Crippen molar-refractivity contribution in [2.45, 2.75) is 24.7 Å². The first-order valence-corrected chi connectivity index (χ1v) is 9.43. The maximum atomic E-state index is 3.62. The van der Waals surface area contributed by atoms with E-state index in [2.05, 4.69) is 70.9 Å². The SMILES string of the molecule is c1ccc(C2CCN(CC3CNCC3c3ccccc3)CC2)cc1. The van der Waals surface area contributed by atoms with Crippen LogP contribution in [-0.2, 0) is 0 Å². The van der Waals surface area contributed by atoms with Gasteiger partial charge in [0, 0.05) is 19.0 Å². The molecule has 0 radical (unpaired) electrons. The Morgan fingerprint density at radius 3 is 2.08 bits per heavy atom. The molecule has 0 aliphatic carbocycles. The highest BCUT2D eigenvalue weighted by molar-refractivity contribution is 5.23. The number of nitrogens with one attached hydrogen (secondary N) is 1. The van der Waals surface area contributed by atoms with Crippen LogP contribution in [0.15, 0.2) is 60.7 Å². The molecule has 2 aliphatic heterocycles. The van der Waals surface area contributed by atoms with Gasteiger partial charge in [0.1, 0.15) is 0 Å². The van der Waals surface area contributed by atoms with E-state index >= 15 is 0 Å². The molecule has 2 unspecified atom stereocenters. The largest absolute Gasteiger partial charge is 0.316 e. The van der Waals surface area contributed by atoms with Gasteiger partial charge in [-0.1, -0.05) is 60.7 Å². The van der Waals surface area contributed by atoms with Crippen LogP contribution in [0.5, 0.6) is 0 Å². The molecule has 2 fully saturated rings. The molecule has 4 rings (SSSR count). The van der Waals surface area contributed by atoms with Gasteiger partial charge in [-0.05, 0) is 55.4 Å². The van der Waals surface area contributed by atoms with Crippen LogP contribution in [0.3, 0.4) is 0 Å². The van der Waals surface area contributed by atoms with E-state index in [9.17, 15) is 0 Å². The lowest BCUT2D eigenvalue weighted by atomic mass is 9.86. The molecular formula is C22H28N2. The highest BCUT2D eigenvalue weighted by Gasteiger charge is 2.31. The normalized spacial score (nSPS) is 25.8. The third-order valence-electron chi connectivity index (χ3n) is 5.92. The molecule has 2 nitrogen and oxygen atoms in total. The number of hydrogen-bond acceptors (Lipinski definition) is 2. The van der Waals surface area contributed by atoms with Crippen molar-refractivity contribution in [1.82, 2.24) is 10.2 Å². The maximum absolute atomic E-state index is 3.62. The Bertz CT molecular complexity index is 617. The zero-order valence-corrected chi connectivity index (χ0v) is 14.4.